The number of halogens is 1. The maximum absolute atomic E-state index is 13.0. The number of benzene rings is 1. The van der Waals surface area contributed by atoms with Crippen molar-refractivity contribution >= 4 is 0 Å². The summed E-state index contributed by atoms with van der Waals surface area (Å²) in [5.41, 5.74) is 0.836. The van der Waals surface area contributed by atoms with E-state index < -0.39 is 0 Å². The Balaban J connectivity index is 1.90. The van der Waals surface area contributed by atoms with Crippen molar-refractivity contribution in [3.8, 4) is 0 Å². The van der Waals surface area contributed by atoms with Gasteiger partial charge in [-0.05, 0) is 30.2 Å². The molecule has 0 saturated carbocycles. The topological polar surface area (TPSA) is 51.0 Å². The van der Waals surface area contributed by atoms with Gasteiger partial charge >= 0.3 is 0 Å². The maximum atomic E-state index is 13.0. The minimum absolute atomic E-state index is 0.250. The van der Waals surface area contributed by atoms with E-state index in [9.17, 15) is 4.39 Å². The van der Waals surface area contributed by atoms with E-state index >= 15 is 0 Å². The van der Waals surface area contributed by atoms with Crippen LogP contribution in [0.25, 0.3) is 0 Å². The minimum Gasteiger partial charge on any atom is -0.338 e. The van der Waals surface area contributed by atoms with Crippen LogP contribution in [0.3, 0.4) is 0 Å². The number of nitrogens with zero attached hydrogens (tertiary/aromatic N) is 2. The summed E-state index contributed by atoms with van der Waals surface area (Å²) in [6.07, 6.45) is 0.478. The van der Waals surface area contributed by atoms with E-state index in [1.165, 1.54) is 12.1 Å². The molecule has 19 heavy (non-hydrogen) atoms. The van der Waals surface area contributed by atoms with Crippen molar-refractivity contribution in [2.75, 3.05) is 6.54 Å². The molecule has 2 rings (SSSR count). The Bertz CT molecular complexity index is 525. The monoisotopic (exact) mass is 263 g/mol. The van der Waals surface area contributed by atoms with E-state index in [4.69, 9.17) is 4.52 Å². The molecule has 102 valence electrons. The van der Waals surface area contributed by atoms with Gasteiger partial charge in [0, 0.05) is 6.42 Å². The fraction of sp³-hybridized carbons (Fsp3) is 0.429. The SMILES string of the molecule is CC(C)CNCc1nc(Cc2cccc(F)c2)no1. The molecule has 1 N–H and O–H groups in total. The number of hydrogen-bond donors (Lipinski definition) is 1. The van der Waals surface area contributed by atoms with Gasteiger partial charge in [-0.3, -0.25) is 0 Å². The highest BCUT2D eigenvalue weighted by Gasteiger charge is 2.07. The van der Waals surface area contributed by atoms with Gasteiger partial charge in [0.25, 0.3) is 0 Å². The summed E-state index contributed by atoms with van der Waals surface area (Å²) in [6, 6.07) is 6.42. The summed E-state index contributed by atoms with van der Waals surface area (Å²) in [6.45, 7) is 5.74. The predicted molar refractivity (Wildman–Crippen MR) is 70.0 cm³/mol. The highest BCUT2D eigenvalue weighted by molar-refractivity contribution is 5.19. The lowest BCUT2D eigenvalue weighted by Gasteiger charge is -2.03. The Morgan fingerprint density at radius 2 is 2.21 bits per heavy atom. The van der Waals surface area contributed by atoms with Crippen LogP contribution in [0.2, 0.25) is 0 Å². The standard InChI is InChI=1S/C14H18FN3O/c1-10(2)8-16-9-14-17-13(18-19-14)7-11-4-3-5-12(15)6-11/h3-6,10,16H,7-9H2,1-2H3. The van der Waals surface area contributed by atoms with Gasteiger partial charge in [-0.1, -0.05) is 31.1 Å². The zero-order valence-corrected chi connectivity index (χ0v) is 11.2. The highest BCUT2D eigenvalue weighted by atomic mass is 19.1. The number of aromatic nitrogens is 2. The van der Waals surface area contributed by atoms with Crippen LogP contribution >= 0.6 is 0 Å². The molecule has 1 aromatic heterocycles. The summed E-state index contributed by atoms with van der Waals surface area (Å²) in [5.74, 6) is 1.47. The zero-order chi connectivity index (χ0) is 13.7. The maximum Gasteiger partial charge on any atom is 0.240 e. The number of hydrogen-bond acceptors (Lipinski definition) is 4. The van der Waals surface area contributed by atoms with Gasteiger partial charge < -0.3 is 9.84 Å². The van der Waals surface area contributed by atoms with Crippen LogP contribution in [0.15, 0.2) is 28.8 Å². The molecule has 5 heteroatoms. The molecule has 0 bridgehead atoms. The van der Waals surface area contributed by atoms with Crippen LogP contribution in [0.1, 0.15) is 31.1 Å². The van der Waals surface area contributed by atoms with Gasteiger partial charge in [0.2, 0.25) is 5.89 Å². The fourth-order valence-electron chi connectivity index (χ4n) is 1.73. The van der Waals surface area contributed by atoms with Crippen LogP contribution in [0, 0.1) is 11.7 Å². The van der Waals surface area contributed by atoms with Crippen molar-refractivity contribution in [3.63, 3.8) is 0 Å². The lowest BCUT2D eigenvalue weighted by atomic mass is 10.1. The summed E-state index contributed by atoms with van der Waals surface area (Å²) in [7, 11) is 0. The quantitative estimate of drug-likeness (QED) is 0.870. The molecule has 0 aliphatic rings. The summed E-state index contributed by atoms with van der Waals surface area (Å²) >= 11 is 0. The van der Waals surface area contributed by atoms with Crippen molar-refractivity contribution in [1.82, 2.24) is 15.5 Å². The minimum atomic E-state index is -0.250. The van der Waals surface area contributed by atoms with Crippen molar-refractivity contribution in [3.05, 3.63) is 47.4 Å². The largest absolute Gasteiger partial charge is 0.338 e. The Morgan fingerprint density at radius 3 is 2.95 bits per heavy atom. The van der Waals surface area contributed by atoms with E-state index in [0.717, 1.165) is 12.1 Å². The first-order valence-electron chi connectivity index (χ1n) is 6.40. The third kappa shape index (κ3) is 4.44. The molecular weight excluding hydrogens is 245 g/mol. The lowest BCUT2D eigenvalue weighted by molar-refractivity contribution is 0.360. The Labute approximate surface area is 112 Å². The first kappa shape index (κ1) is 13.7. The highest BCUT2D eigenvalue weighted by Crippen LogP contribution is 2.08. The molecular formula is C14H18FN3O. The normalized spacial score (nSPS) is 11.2. The zero-order valence-electron chi connectivity index (χ0n) is 11.2. The van der Waals surface area contributed by atoms with Crippen LogP contribution in [0.5, 0.6) is 0 Å². The second-order valence-electron chi connectivity index (χ2n) is 4.94. The van der Waals surface area contributed by atoms with Crippen molar-refractivity contribution in [2.24, 2.45) is 5.92 Å². The van der Waals surface area contributed by atoms with Gasteiger partial charge in [-0.2, -0.15) is 4.98 Å². The molecule has 0 aliphatic heterocycles. The van der Waals surface area contributed by atoms with Gasteiger partial charge in [0.1, 0.15) is 5.82 Å². The average Bonchev–Trinajstić information content (AvgIpc) is 2.76. The van der Waals surface area contributed by atoms with Gasteiger partial charge in [-0.25, -0.2) is 4.39 Å². The first-order chi connectivity index (χ1) is 9.13. The molecule has 1 aromatic carbocycles. The van der Waals surface area contributed by atoms with E-state index in [-0.39, 0.29) is 5.82 Å². The van der Waals surface area contributed by atoms with Crippen LogP contribution in [0.4, 0.5) is 4.39 Å². The molecule has 1 heterocycles. The van der Waals surface area contributed by atoms with Crippen molar-refractivity contribution in [1.29, 1.82) is 0 Å². The Hall–Kier alpha value is -1.75. The lowest BCUT2D eigenvalue weighted by Crippen LogP contribution is -2.19. The third-order valence-corrected chi connectivity index (χ3v) is 2.59. The molecule has 0 aliphatic carbocycles. The molecule has 0 spiro atoms. The molecule has 0 amide bonds. The molecule has 0 radical (unpaired) electrons. The van der Waals surface area contributed by atoms with E-state index in [1.807, 2.05) is 6.07 Å². The third-order valence-electron chi connectivity index (χ3n) is 2.59. The summed E-state index contributed by atoms with van der Waals surface area (Å²) < 4.78 is 18.2. The Morgan fingerprint density at radius 1 is 1.37 bits per heavy atom. The van der Waals surface area contributed by atoms with E-state index in [1.54, 1.807) is 6.07 Å². The van der Waals surface area contributed by atoms with Crippen molar-refractivity contribution < 1.29 is 8.91 Å². The van der Waals surface area contributed by atoms with Gasteiger partial charge in [0.15, 0.2) is 5.82 Å². The second-order valence-corrected chi connectivity index (χ2v) is 4.94. The summed E-state index contributed by atoms with van der Waals surface area (Å²) in [5, 5.41) is 7.12. The van der Waals surface area contributed by atoms with E-state index in [2.05, 4.69) is 29.3 Å². The number of nitrogens with one attached hydrogen (secondary N) is 1. The van der Waals surface area contributed by atoms with Crippen LogP contribution in [-0.2, 0) is 13.0 Å². The predicted octanol–water partition coefficient (Wildman–Crippen LogP) is 2.55. The van der Waals surface area contributed by atoms with Crippen LogP contribution < -0.4 is 5.32 Å². The molecule has 2 aromatic rings. The average molecular weight is 263 g/mol. The number of rotatable bonds is 6. The second kappa shape index (κ2) is 6.43. The van der Waals surface area contributed by atoms with Crippen LogP contribution in [-0.4, -0.2) is 16.7 Å². The fourth-order valence-corrected chi connectivity index (χ4v) is 1.73. The van der Waals surface area contributed by atoms with Gasteiger partial charge in [-0.15, -0.1) is 0 Å². The van der Waals surface area contributed by atoms with Crippen molar-refractivity contribution in [2.45, 2.75) is 26.8 Å². The molecule has 0 saturated heterocycles. The smallest absolute Gasteiger partial charge is 0.240 e. The summed E-state index contributed by atoms with van der Waals surface area (Å²) in [4.78, 5) is 4.27. The first-order valence-corrected chi connectivity index (χ1v) is 6.40. The van der Waals surface area contributed by atoms with Gasteiger partial charge in [0.05, 0.1) is 6.54 Å². The molecule has 4 nitrogen and oxygen atoms in total. The molecule has 0 atom stereocenters. The van der Waals surface area contributed by atoms with E-state index in [0.29, 0.717) is 30.6 Å². The Kier molecular flexibility index (Phi) is 4.63. The molecule has 0 fully saturated rings. The molecule has 0 unspecified atom stereocenters.